The second kappa shape index (κ2) is 9.04. The molecule has 6 nitrogen and oxygen atoms in total. The number of phenols is 1. The number of hydrogen-bond acceptors (Lipinski definition) is 5. The molecule has 0 aliphatic rings. The summed E-state index contributed by atoms with van der Waals surface area (Å²) in [5.41, 5.74) is 2.37. The fraction of sp³-hybridized carbons (Fsp3) is 0.385. The van der Waals surface area contributed by atoms with Gasteiger partial charge in [-0.05, 0) is 25.0 Å². The minimum Gasteiger partial charge on any atom is -0.548 e. The number of carboxylic acid groups (broad SMARTS) is 1. The van der Waals surface area contributed by atoms with Gasteiger partial charge in [0.15, 0.2) is 0 Å². The molecule has 1 aromatic carbocycles. The number of carbonyl (C=O) groups excluding carboxylic acids is 2. The number of carboxylic acids is 1. The molecule has 0 saturated carbocycles. The molecular weight excluding hydrogens is 309 g/mol. The van der Waals surface area contributed by atoms with Crippen LogP contribution in [-0.2, 0) is 4.79 Å². The number of nitrogens with two attached hydrogens (primary N) is 1. The summed E-state index contributed by atoms with van der Waals surface area (Å²) >= 11 is 0. The molecule has 0 fully saturated rings. The van der Waals surface area contributed by atoms with Crippen LogP contribution in [0, 0.1) is 0 Å². The standard InChI is InChI=1S/C13H16F2N2O4.Na/c14-11(15)13(16,12(20)21)6-3-7-17-10(19)8-4-1-2-5-9(8)18;/h1-2,4-5,11,18H,3,6-7,16H2,(H,17,19)(H,20,21);/q;+1/p-1. The molecule has 0 radical (unpaired) electrons. The van der Waals surface area contributed by atoms with Crippen LogP contribution in [0.5, 0.6) is 5.75 Å². The molecule has 0 aromatic heterocycles. The molecule has 1 amide bonds. The predicted octanol–water partition coefficient (Wildman–Crippen LogP) is -3.38. The molecule has 22 heavy (non-hydrogen) atoms. The summed E-state index contributed by atoms with van der Waals surface area (Å²) in [5.74, 6) is -2.85. The molecule has 1 rings (SSSR count). The summed E-state index contributed by atoms with van der Waals surface area (Å²) < 4.78 is 25.1. The predicted molar refractivity (Wildman–Crippen MR) is 67.6 cm³/mol. The number of aromatic hydroxyl groups is 1. The molecule has 1 unspecified atom stereocenters. The van der Waals surface area contributed by atoms with Crippen LogP contribution in [0.4, 0.5) is 8.78 Å². The normalized spacial score (nSPS) is 13.1. The van der Waals surface area contributed by atoms with Crippen LogP contribution in [0.25, 0.3) is 0 Å². The van der Waals surface area contributed by atoms with Crippen LogP contribution in [0.2, 0.25) is 0 Å². The number of amides is 1. The molecule has 116 valence electrons. The number of nitrogens with one attached hydrogen (secondary N) is 1. The van der Waals surface area contributed by atoms with E-state index in [4.69, 9.17) is 5.73 Å². The first-order valence-corrected chi connectivity index (χ1v) is 6.13. The Balaban J connectivity index is 0.00000441. The molecule has 4 N–H and O–H groups in total. The molecule has 0 heterocycles. The molecule has 0 aliphatic carbocycles. The summed E-state index contributed by atoms with van der Waals surface area (Å²) in [4.78, 5) is 22.3. The number of carbonyl (C=O) groups is 2. The third kappa shape index (κ3) is 5.20. The van der Waals surface area contributed by atoms with Gasteiger partial charge in [-0.2, -0.15) is 0 Å². The Morgan fingerprint density at radius 2 is 1.95 bits per heavy atom. The number of halogens is 2. The molecule has 0 spiro atoms. The van der Waals surface area contributed by atoms with Gasteiger partial charge in [0, 0.05) is 6.54 Å². The van der Waals surface area contributed by atoms with Crippen LogP contribution in [0.1, 0.15) is 23.2 Å². The fourth-order valence-corrected chi connectivity index (χ4v) is 1.64. The van der Waals surface area contributed by atoms with E-state index in [0.29, 0.717) is 0 Å². The summed E-state index contributed by atoms with van der Waals surface area (Å²) in [5, 5.41) is 22.4. The van der Waals surface area contributed by atoms with Gasteiger partial charge in [0.05, 0.1) is 11.5 Å². The maximum atomic E-state index is 12.6. The fourth-order valence-electron chi connectivity index (χ4n) is 1.64. The van der Waals surface area contributed by atoms with Crippen LogP contribution < -0.4 is 45.7 Å². The van der Waals surface area contributed by atoms with E-state index in [1.54, 1.807) is 6.07 Å². The first-order chi connectivity index (χ1) is 9.79. The van der Waals surface area contributed by atoms with Crippen molar-refractivity contribution in [3.63, 3.8) is 0 Å². The van der Waals surface area contributed by atoms with Crippen molar-refractivity contribution in [2.75, 3.05) is 6.54 Å². The van der Waals surface area contributed by atoms with Crippen molar-refractivity contribution in [1.29, 1.82) is 0 Å². The van der Waals surface area contributed by atoms with E-state index < -0.39 is 30.3 Å². The zero-order valence-corrected chi connectivity index (χ0v) is 14.0. The number of alkyl halides is 2. The Morgan fingerprint density at radius 3 is 2.45 bits per heavy atom. The summed E-state index contributed by atoms with van der Waals surface area (Å²) in [6.45, 7) is -0.0634. The average molecular weight is 324 g/mol. The Bertz CT molecular complexity index is 531. The number of rotatable bonds is 7. The van der Waals surface area contributed by atoms with E-state index in [1.165, 1.54) is 18.2 Å². The quantitative estimate of drug-likeness (QED) is 0.357. The van der Waals surface area contributed by atoms with Crippen molar-refractivity contribution in [3.8, 4) is 5.75 Å². The molecule has 0 aliphatic heterocycles. The maximum Gasteiger partial charge on any atom is 1.00 e. The molecule has 1 atom stereocenters. The Kier molecular flexibility index (Phi) is 8.54. The van der Waals surface area contributed by atoms with E-state index in [0.717, 1.165) is 0 Å². The number of hydrogen-bond donors (Lipinski definition) is 3. The van der Waals surface area contributed by atoms with Crippen molar-refractivity contribution in [3.05, 3.63) is 29.8 Å². The van der Waals surface area contributed by atoms with Gasteiger partial charge in [-0.25, -0.2) is 8.78 Å². The van der Waals surface area contributed by atoms with Gasteiger partial charge in [0.2, 0.25) is 0 Å². The molecular formula is C13H15F2N2NaO4. The van der Waals surface area contributed by atoms with Crippen molar-refractivity contribution in [1.82, 2.24) is 5.32 Å². The third-order valence-electron chi connectivity index (χ3n) is 2.97. The number of aliphatic carboxylic acids is 1. The zero-order chi connectivity index (χ0) is 16.0. The Labute approximate surface area is 148 Å². The minimum absolute atomic E-state index is 0. The summed E-state index contributed by atoms with van der Waals surface area (Å²) in [6.07, 6.45) is -3.89. The van der Waals surface area contributed by atoms with Crippen LogP contribution in [0.15, 0.2) is 24.3 Å². The van der Waals surface area contributed by atoms with E-state index >= 15 is 0 Å². The van der Waals surface area contributed by atoms with Gasteiger partial charge in [-0.1, -0.05) is 12.1 Å². The Hall–Kier alpha value is -1.22. The van der Waals surface area contributed by atoms with Gasteiger partial charge in [-0.3, -0.25) is 4.79 Å². The van der Waals surface area contributed by atoms with Crippen LogP contribution >= 0.6 is 0 Å². The monoisotopic (exact) mass is 324 g/mol. The van der Waals surface area contributed by atoms with Crippen molar-refractivity contribution in [2.24, 2.45) is 5.73 Å². The maximum absolute atomic E-state index is 12.6. The number of phenolic OH excluding ortho intramolecular Hbond substituents is 1. The summed E-state index contributed by atoms with van der Waals surface area (Å²) in [6, 6.07) is 5.80. The van der Waals surface area contributed by atoms with Crippen LogP contribution in [0.3, 0.4) is 0 Å². The first-order valence-electron chi connectivity index (χ1n) is 6.13. The van der Waals surface area contributed by atoms with Crippen molar-refractivity contribution >= 4 is 11.9 Å². The van der Waals surface area contributed by atoms with Gasteiger partial charge in [0.1, 0.15) is 11.3 Å². The third-order valence-corrected chi connectivity index (χ3v) is 2.97. The SMILES string of the molecule is NC(CCCNC(=O)c1ccccc1O)(C(=O)[O-])C(F)F.[Na+]. The zero-order valence-electron chi connectivity index (χ0n) is 12.0. The topological polar surface area (TPSA) is 115 Å². The smallest absolute Gasteiger partial charge is 0.548 e. The molecule has 1 aromatic rings. The second-order valence-electron chi connectivity index (χ2n) is 4.51. The number of benzene rings is 1. The second-order valence-corrected chi connectivity index (χ2v) is 4.51. The number of para-hydroxylation sites is 1. The molecule has 9 heteroatoms. The van der Waals surface area contributed by atoms with Gasteiger partial charge >= 0.3 is 29.6 Å². The van der Waals surface area contributed by atoms with Gasteiger partial charge in [0.25, 0.3) is 12.3 Å². The first kappa shape index (κ1) is 20.8. The Morgan fingerprint density at radius 1 is 1.36 bits per heavy atom. The van der Waals surface area contributed by atoms with E-state index in [9.17, 15) is 28.6 Å². The summed E-state index contributed by atoms with van der Waals surface area (Å²) in [7, 11) is 0. The van der Waals surface area contributed by atoms with E-state index in [1.807, 2.05) is 0 Å². The van der Waals surface area contributed by atoms with Crippen molar-refractivity contribution < 1.29 is 58.1 Å². The van der Waals surface area contributed by atoms with E-state index in [-0.39, 0.29) is 53.8 Å². The van der Waals surface area contributed by atoms with E-state index in [2.05, 4.69) is 5.32 Å². The largest absolute Gasteiger partial charge is 1.00 e. The van der Waals surface area contributed by atoms with Crippen molar-refractivity contribution in [2.45, 2.75) is 24.8 Å². The average Bonchev–Trinajstić information content (AvgIpc) is 2.43. The minimum atomic E-state index is -3.27. The van der Waals surface area contributed by atoms with Crippen LogP contribution in [-0.4, -0.2) is 35.5 Å². The van der Waals surface area contributed by atoms with Gasteiger partial charge in [-0.15, -0.1) is 0 Å². The van der Waals surface area contributed by atoms with Gasteiger partial charge < -0.3 is 26.1 Å². The molecule has 0 saturated heterocycles. The molecule has 0 bridgehead atoms.